The summed E-state index contributed by atoms with van der Waals surface area (Å²) < 4.78 is 0. The molecule has 1 atom stereocenters. The predicted octanol–water partition coefficient (Wildman–Crippen LogP) is 0.441. The molecule has 0 amide bonds. The van der Waals surface area contributed by atoms with Crippen LogP contribution in [0.25, 0.3) is 0 Å². The Labute approximate surface area is 81.1 Å². The smallest absolute Gasteiger partial charge is 0.0607 e. The van der Waals surface area contributed by atoms with E-state index in [1.807, 2.05) is 13.8 Å². The van der Waals surface area contributed by atoms with Crippen LogP contribution in [0.1, 0.15) is 26.7 Å². The van der Waals surface area contributed by atoms with Gasteiger partial charge in [0, 0.05) is 18.1 Å². The van der Waals surface area contributed by atoms with Gasteiger partial charge >= 0.3 is 0 Å². The van der Waals surface area contributed by atoms with Crippen LogP contribution in [-0.4, -0.2) is 48.3 Å². The minimum Gasteiger partial charge on any atom is -0.394 e. The van der Waals surface area contributed by atoms with Crippen LogP contribution >= 0.6 is 0 Å². The monoisotopic (exact) mass is 186 g/mol. The first-order valence-electron chi connectivity index (χ1n) is 5.10. The highest BCUT2D eigenvalue weighted by molar-refractivity contribution is 4.85. The zero-order valence-corrected chi connectivity index (χ0v) is 9.01. The molecule has 78 valence electrons. The third kappa shape index (κ3) is 3.63. The molecule has 1 heterocycles. The number of hydrogen-bond donors (Lipinski definition) is 2. The lowest BCUT2D eigenvalue weighted by molar-refractivity contribution is 0.143. The maximum Gasteiger partial charge on any atom is 0.0607 e. The van der Waals surface area contributed by atoms with Gasteiger partial charge in [0.05, 0.1) is 6.61 Å². The van der Waals surface area contributed by atoms with Gasteiger partial charge in [0.25, 0.3) is 0 Å². The first-order chi connectivity index (χ1) is 6.03. The molecule has 2 N–H and O–H groups in total. The van der Waals surface area contributed by atoms with Gasteiger partial charge in [-0.05, 0) is 40.3 Å². The highest BCUT2D eigenvalue weighted by Gasteiger charge is 2.24. The largest absolute Gasteiger partial charge is 0.394 e. The van der Waals surface area contributed by atoms with Crippen LogP contribution in [0.15, 0.2) is 0 Å². The second-order valence-corrected chi connectivity index (χ2v) is 4.79. The second-order valence-electron chi connectivity index (χ2n) is 4.79. The number of aliphatic hydroxyl groups excluding tert-OH is 1. The molecular weight excluding hydrogens is 164 g/mol. The Kier molecular flexibility index (Phi) is 3.71. The van der Waals surface area contributed by atoms with Crippen LogP contribution in [0, 0.1) is 0 Å². The van der Waals surface area contributed by atoms with Crippen LogP contribution in [-0.2, 0) is 0 Å². The third-order valence-corrected chi connectivity index (χ3v) is 2.61. The molecule has 3 heteroatoms. The maximum absolute atomic E-state index is 9.11. The van der Waals surface area contributed by atoms with Crippen molar-refractivity contribution in [1.29, 1.82) is 0 Å². The van der Waals surface area contributed by atoms with Crippen molar-refractivity contribution in [3.63, 3.8) is 0 Å². The lowest BCUT2D eigenvalue weighted by Crippen LogP contribution is -2.53. The van der Waals surface area contributed by atoms with E-state index < -0.39 is 0 Å². The molecule has 13 heavy (non-hydrogen) atoms. The van der Waals surface area contributed by atoms with Gasteiger partial charge in [0.2, 0.25) is 0 Å². The molecule has 1 rings (SSSR count). The first-order valence-corrected chi connectivity index (χ1v) is 5.10. The Morgan fingerprint density at radius 3 is 2.77 bits per heavy atom. The van der Waals surface area contributed by atoms with E-state index in [4.69, 9.17) is 5.11 Å². The molecule has 0 radical (unpaired) electrons. The fourth-order valence-corrected chi connectivity index (χ4v) is 1.88. The number of rotatable bonds is 3. The van der Waals surface area contributed by atoms with Crippen LogP contribution in [0.4, 0.5) is 0 Å². The SMILES string of the molecule is CN1CCCC(NC(C)(C)CO)C1. The van der Waals surface area contributed by atoms with Crippen LogP contribution in [0.3, 0.4) is 0 Å². The van der Waals surface area contributed by atoms with Gasteiger partial charge in [-0.3, -0.25) is 0 Å². The standard InChI is InChI=1S/C10H22N2O/c1-10(2,8-13)11-9-5-4-6-12(3)7-9/h9,11,13H,4-8H2,1-3H3. The van der Waals surface area contributed by atoms with Gasteiger partial charge in [-0.25, -0.2) is 0 Å². The molecule has 0 aromatic rings. The third-order valence-electron chi connectivity index (χ3n) is 2.61. The number of aliphatic hydroxyl groups is 1. The van der Waals surface area contributed by atoms with E-state index in [2.05, 4.69) is 17.3 Å². The topological polar surface area (TPSA) is 35.5 Å². The summed E-state index contributed by atoms with van der Waals surface area (Å²) in [6, 6.07) is 0.542. The fraction of sp³-hybridized carbons (Fsp3) is 1.00. The molecule has 0 aromatic carbocycles. The van der Waals surface area contributed by atoms with E-state index in [0.717, 1.165) is 6.54 Å². The summed E-state index contributed by atoms with van der Waals surface area (Å²) >= 11 is 0. The van der Waals surface area contributed by atoms with Gasteiger partial charge in [0.15, 0.2) is 0 Å². The Bertz CT molecular complexity index is 159. The average Bonchev–Trinajstić information content (AvgIpc) is 2.03. The molecule has 0 bridgehead atoms. The lowest BCUT2D eigenvalue weighted by atomic mass is 10.0. The van der Waals surface area contributed by atoms with Crippen molar-refractivity contribution in [2.45, 2.75) is 38.3 Å². The van der Waals surface area contributed by atoms with Crippen molar-refractivity contribution in [3.05, 3.63) is 0 Å². The number of nitrogens with zero attached hydrogens (tertiary/aromatic N) is 1. The summed E-state index contributed by atoms with van der Waals surface area (Å²) in [7, 11) is 2.15. The van der Waals surface area contributed by atoms with E-state index in [1.165, 1.54) is 19.4 Å². The van der Waals surface area contributed by atoms with Crippen molar-refractivity contribution >= 4 is 0 Å². The molecule has 1 unspecified atom stereocenters. The van der Waals surface area contributed by atoms with Crippen molar-refractivity contribution < 1.29 is 5.11 Å². The maximum atomic E-state index is 9.11. The summed E-state index contributed by atoms with van der Waals surface area (Å²) in [5.74, 6) is 0. The minimum absolute atomic E-state index is 0.136. The number of piperidine rings is 1. The van der Waals surface area contributed by atoms with Crippen molar-refractivity contribution in [2.75, 3.05) is 26.7 Å². The summed E-state index contributed by atoms with van der Waals surface area (Å²) in [5, 5.41) is 12.6. The lowest BCUT2D eigenvalue weighted by Gasteiger charge is -2.36. The zero-order chi connectivity index (χ0) is 9.90. The summed E-state index contributed by atoms with van der Waals surface area (Å²) in [5.41, 5.74) is -0.136. The molecule has 1 aliphatic rings. The average molecular weight is 186 g/mol. The second kappa shape index (κ2) is 4.40. The zero-order valence-electron chi connectivity index (χ0n) is 9.01. The van der Waals surface area contributed by atoms with Gasteiger partial charge in [-0.2, -0.15) is 0 Å². The molecule has 0 spiro atoms. The normalized spacial score (nSPS) is 26.3. The predicted molar refractivity (Wildman–Crippen MR) is 54.8 cm³/mol. The van der Waals surface area contributed by atoms with Gasteiger partial charge in [-0.15, -0.1) is 0 Å². The quantitative estimate of drug-likeness (QED) is 0.671. The first kappa shape index (κ1) is 11.0. The molecule has 1 fully saturated rings. The summed E-state index contributed by atoms with van der Waals surface area (Å²) in [6.45, 7) is 6.59. The summed E-state index contributed by atoms with van der Waals surface area (Å²) in [4.78, 5) is 2.34. The molecular formula is C10H22N2O. The van der Waals surface area contributed by atoms with Gasteiger partial charge < -0.3 is 15.3 Å². The highest BCUT2D eigenvalue weighted by Crippen LogP contribution is 2.11. The van der Waals surface area contributed by atoms with E-state index in [0.29, 0.717) is 6.04 Å². The van der Waals surface area contributed by atoms with Crippen molar-refractivity contribution in [2.24, 2.45) is 0 Å². The Morgan fingerprint density at radius 2 is 2.23 bits per heavy atom. The van der Waals surface area contributed by atoms with Crippen molar-refractivity contribution in [1.82, 2.24) is 10.2 Å². The van der Waals surface area contributed by atoms with E-state index in [-0.39, 0.29) is 12.1 Å². The fourth-order valence-electron chi connectivity index (χ4n) is 1.88. The van der Waals surface area contributed by atoms with E-state index in [9.17, 15) is 0 Å². The van der Waals surface area contributed by atoms with E-state index in [1.54, 1.807) is 0 Å². The summed E-state index contributed by atoms with van der Waals surface area (Å²) in [6.07, 6.45) is 2.49. The van der Waals surface area contributed by atoms with Crippen LogP contribution in [0.5, 0.6) is 0 Å². The van der Waals surface area contributed by atoms with E-state index >= 15 is 0 Å². The highest BCUT2D eigenvalue weighted by atomic mass is 16.3. The molecule has 1 saturated heterocycles. The Balaban J connectivity index is 2.35. The molecule has 0 aliphatic carbocycles. The number of hydrogen-bond acceptors (Lipinski definition) is 3. The molecule has 0 aromatic heterocycles. The van der Waals surface area contributed by atoms with Crippen molar-refractivity contribution in [3.8, 4) is 0 Å². The number of likely N-dealkylation sites (tertiary alicyclic amines) is 1. The Hall–Kier alpha value is -0.120. The molecule has 0 saturated carbocycles. The van der Waals surface area contributed by atoms with Crippen LogP contribution in [0.2, 0.25) is 0 Å². The molecule has 3 nitrogen and oxygen atoms in total. The number of nitrogens with one attached hydrogen (secondary N) is 1. The minimum atomic E-state index is -0.136. The number of likely N-dealkylation sites (N-methyl/N-ethyl adjacent to an activating group) is 1. The molecule has 1 aliphatic heterocycles. The van der Waals surface area contributed by atoms with Gasteiger partial charge in [0.1, 0.15) is 0 Å². The van der Waals surface area contributed by atoms with Gasteiger partial charge in [-0.1, -0.05) is 0 Å². The Morgan fingerprint density at radius 1 is 1.54 bits per heavy atom. The van der Waals surface area contributed by atoms with Crippen LogP contribution < -0.4 is 5.32 Å².